The molecule has 28 heavy (non-hydrogen) atoms. The van der Waals surface area contributed by atoms with Crippen LogP contribution >= 0.6 is 24.0 Å². The molecule has 160 valence electrons. The number of pyridine rings is 1. The molecule has 0 radical (unpaired) electrons. The first-order valence-corrected chi connectivity index (χ1v) is 10.3. The highest BCUT2D eigenvalue weighted by Crippen LogP contribution is 2.18. The first-order chi connectivity index (χ1) is 13.0. The number of hydrogen-bond donors (Lipinski definition) is 2. The molecule has 0 bridgehead atoms. The monoisotopic (exact) mass is 503 g/mol. The molecule has 1 saturated heterocycles. The molecule has 7 heteroatoms. The number of aryl methyl sites for hydroxylation is 1. The highest BCUT2D eigenvalue weighted by Gasteiger charge is 2.21. The average molecular weight is 503 g/mol. The molecule has 0 aromatic carbocycles. The summed E-state index contributed by atoms with van der Waals surface area (Å²) in [7, 11) is 1.84. The van der Waals surface area contributed by atoms with Crippen LogP contribution in [0, 0.1) is 12.8 Å². The predicted octanol–water partition coefficient (Wildman–Crippen LogP) is 3.59. The number of hydrogen-bond acceptors (Lipinski definition) is 4. The molecule has 0 amide bonds. The highest BCUT2D eigenvalue weighted by atomic mass is 127. The summed E-state index contributed by atoms with van der Waals surface area (Å²) >= 11 is 0. The van der Waals surface area contributed by atoms with E-state index in [2.05, 4.69) is 58.4 Å². The van der Waals surface area contributed by atoms with E-state index in [1.807, 2.05) is 20.0 Å². The van der Waals surface area contributed by atoms with Gasteiger partial charge in [0.25, 0.3) is 0 Å². The number of halogens is 1. The van der Waals surface area contributed by atoms with Gasteiger partial charge in [-0.05, 0) is 51.2 Å². The van der Waals surface area contributed by atoms with Crippen LogP contribution in [0.3, 0.4) is 0 Å². The van der Waals surface area contributed by atoms with Gasteiger partial charge in [0.05, 0.1) is 6.10 Å². The van der Waals surface area contributed by atoms with Gasteiger partial charge in [0.2, 0.25) is 0 Å². The van der Waals surface area contributed by atoms with Crippen molar-refractivity contribution in [3.05, 3.63) is 23.9 Å². The van der Waals surface area contributed by atoms with Crippen molar-refractivity contribution in [1.82, 2.24) is 15.6 Å². The molecule has 2 N–H and O–H groups in total. The van der Waals surface area contributed by atoms with Gasteiger partial charge in [-0.3, -0.25) is 4.99 Å². The lowest BCUT2D eigenvalue weighted by Crippen LogP contribution is -2.49. The van der Waals surface area contributed by atoms with Gasteiger partial charge in [0, 0.05) is 45.0 Å². The van der Waals surface area contributed by atoms with Gasteiger partial charge < -0.3 is 20.3 Å². The quantitative estimate of drug-likeness (QED) is 0.323. The number of nitrogens with one attached hydrogen (secondary N) is 2. The van der Waals surface area contributed by atoms with Crippen LogP contribution in [0.5, 0.6) is 0 Å². The molecule has 1 aliphatic heterocycles. The fourth-order valence-corrected chi connectivity index (χ4v) is 3.50. The Morgan fingerprint density at radius 1 is 1.32 bits per heavy atom. The van der Waals surface area contributed by atoms with Gasteiger partial charge in [-0.1, -0.05) is 19.9 Å². The minimum absolute atomic E-state index is 0. The van der Waals surface area contributed by atoms with E-state index in [4.69, 9.17) is 4.74 Å². The number of aliphatic imine (C=N–C) groups is 1. The Labute approximate surface area is 187 Å². The van der Waals surface area contributed by atoms with E-state index in [-0.39, 0.29) is 24.0 Å². The van der Waals surface area contributed by atoms with Crippen LogP contribution in [-0.4, -0.2) is 56.4 Å². The fourth-order valence-electron chi connectivity index (χ4n) is 3.50. The van der Waals surface area contributed by atoms with Crippen LogP contribution in [0.2, 0.25) is 0 Å². The van der Waals surface area contributed by atoms with Crippen molar-refractivity contribution in [1.29, 1.82) is 0 Å². The first-order valence-electron chi connectivity index (χ1n) is 10.3. The molecule has 0 aliphatic carbocycles. The number of nitrogens with zero attached hydrogens (tertiary/aromatic N) is 3. The second-order valence-electron chi connectivity index (χ2n) is 7.57. The molecule has 6 nitrogen and oxygen atoms in total. The summed E-state index contributed by atoms with van der Waals surface area (Å²) in [6, 6.07) is 6.68. The Morgan fingerprint density at radius 3 is 2.61 bits per heavy atom. The Morgan fingerprint density at radius 2 is 2.04 bits per heavy atom. The molecule has 1 aromatic heterocycles. The number of guanidine groups is 1. The summed E-state index contributed by atoms with van der Waals surface area (Å²) in [4.78, 5) is 11.4. The van der Waals surface area contributed by atoms with E-state index in [1.165, 1.54) is 0 Å². The zero-order chi connectivity index (χ0) is 19.6. The molecular formula is C21H38IN5O. The molecule has 1 aliphatic rings. The Hall–Kier alpha value is -1.09. The standard InChI is InChI=1S/C21H37N5O.HI/c1-6-27-19(16(2)3)10-13-23-21(22-5)25-18-11-14-26(15-12-18)20-9-7-8-17(4)24-20;/h7-9,16,18-19H,6,10-15H2,1-5H3,(H2,22,23,25);1H. The maximum absolute atomic E-state index is 5.82. The molecule has 1 fully saturated rings. The van der Waals surface area contributed by atoms with Crippen LogP contribution in [0.25, 0.3) is 0 Å². The van der Waals surface area contributed by atoms with Crippen LogP contribution in [0.4, 0.5) is 5.82 Å². The van der Waals surface area contributed by atoms with E-state index in [0.717, 1.165) is 63.0 Å². The largest absolute Gasteiger partial charge is 0.378 e. The van der Waals surface area contributed by atoms with Gasteiger partial charge in [-0.2, -0.15) is 0 Å². The zero-order valence-corrected chi connectivity index (χ0v) is 20.4. The maximum atomic E-state index is 5.82. The highest BCUT2D eigenvalue weighted by molar-refractivity contribution is 14.0. The number of piperidine rings is 1. The third-order valence-electron chi connectivity index (χ3n) is 5.10. The fraction of sp³-hybridized carbons (Fsp3) is 0.714. The Balaban J connectivity index is 0.00000392. The molecule has 1 aromatic rings. The summed E-state index contributed by atoms with van der Waals surface area (Å²) in [5, 5.41) is 7.02. The predicted molar refractivity (Wildman–Crippen MR) is 129 cm³/mol. The van der Waals surface area contributed by atoms with Gasteiger partial charge >= 0.3 is 0 Å². The SMILES string of the molecule is CCOC(CCNC(=NC)NC1CCN(c2cccc(C)n2)CC1)C(C)C.I. The summed E-state index contributed by atoms with van der Waals surface area (Å²) < 4.78 is 5.82. The molecule has 0 spiro atoms. The summed E-state index contributed by atoms with van der Waals surface area (Å²) in [6.07, 6.45) is 3.46. The Bertz CT molecular complexity index is 588. The topological polar surface area (TPSA) is 61.8 Å². The molecular weight excluding hydrogens is 465 g/mol. The minimum Gasteiger partial charge on any atom is -0.378 e. The van der Waals surface area contributed by atoms with E-state index >= 15 is 0 Å². The first kappa shape index (κ1) is 24.9. The van der Waals surface area contributed by atoms with Gasteiger partial charge in [-0.25, -0.2) is 4.98 Å². The summed E-state index contributed by atoms with van der Waals surface area (Å²) in [5.41, 5.74) is 1.07. The van der Waals surface area contributed by atoms with Crippen molar-refractivity contribution in [2.45, 2.75) is 59.1 Å². The van der Waals surface area contributed by atoms with Crippen LogP contribution in [0.1, 0.15) is 45.7 Å². The van der Waals surface area contributed by atoms with Crippen molar-refractivity contribution in [2.24, 2.45) is 10.9 Å². The normalized spacial score (nSPS) is 16.6. The van der Waals surface area contributed by atoms with E-state index in [1.54, 1.807) is 0 Å². The molecule has 1 atom stereocenters. The maximum Gasteiger partial charge on any atom is 0.191 e. The van der Waals surface area contributed by atoms with Gasteiger partial charge in [0.1, 0.15) is 5.82 Å². The number of rotatable bonds is 8. The molecule has 1 unspecified atom stereocenters. The third kappa shape index (κ3) is 8.11. The summed E-state index contributed by atoms with van der Waals surface area (Å²) in [6.45, 7) is 12.2. The van der Waals surface area contributed by atoms with E-state index < -0.39 is 0 Å². The van der Waals surface area contributed by atoms with Crippen molar-refractivity contribution < 1.29 is 4.74 Å². The smallest absolute Gasteiger partial charge is 0.191 e. The third-order valence-corrected chi connectivity index (χ3v) is 5.10. The number of anilines is 1. The van der Waals surface area contributed by atoms with Crippen molar-refractivity contribution in [3.63, 3.8) is 0 Å². The van der Waals surface area contributed by atoms with Crippen molar-refractivity contribution in [3.8, 4) is 0 Å². The lowest BCUT2D eigenvalue weighted by atomic mass is 10.0. The Kier molecular flexibility index (Phi) is 11.8. The van der Waals surface area contributed by atoms with Gasteiger partial charge in [-0.15, -0.1) is 24.0 Å². The zero-order valence-electron chi connectivity index (χ0n) is 18.1. The van der Waals surface area contributed by atoms with E-state index in [0.29, 0.717) is 18.1 Å². The lowest BCUT2D eigenvalue weighted by molar-refractivity contribution is 0.0258. The van der Waals surface area contributed by atoms with Crippen LogP contribution < -0.4 is 15.5 Å². The molecule has 2 heterocycles. The number of aromatic nitrogens is 1. The van der Waals surface area contributed by atoms with Gasteiger partial charge in [0.15, 0.2) is 5.96 Å². The number of ether oxygens (including phenoxy) is 1. The summed E-state index contributed by atoms with van der Waals surface area (Å²) in [5.74, 6) is 2.51. The van der Waals surface area contributed by atoms with E-state index in [9.17, 15) is 0 Å². The lowest BCUT2D eigenvalue weighted by Gasteiger charge is -2.34. The second kappa shape index (κ2) is 13.2. The second-order valence-corrected chi connectivity index (χ2v) is 7.57. The average Bonchev–Trinajstić information content (AvgIpc) is 2.66. The minimum atomic E-state index is 0. The molecule has 0 saturated carbocycles. The van der Waals surface area contributed by atoms with Crippen LogP contribution in [0.15, 0.2) is 23.2 Å². The molecule has 2 rings (SSSR count). The van der Waals surface area contributed by atoms with Crippen molar-refractivity contribution >= 4 is 35.8 Å². The van der Waals surface area contributed by atoms with Crippen LogP contribution in [-0.2, 0) is 4.74 Å². The van der Waals surface area contributed by atoms with Crippen molar-refractivity contribution in [2.75, 3.05) is 38.2 Å².